The molecule has 5 heteroatoms. The largest absolute Gasteiger partial charge is 0.301 e. The third kappa shape index (κ3) is 3.69. The fraction of sp³-hybridized carbons (Fsp3) is 0.125. The van der Waals surface area contributed by atoms with Crippen molar-refractivity contribution in [3.63, 3.8) is 0 Å². The zero-order chi connectivity index (χ0) is 9.90. The summed E-state index contributed by atoms with van der Waals surface area (Å²) < 4.78 is -1.75. The molecule has 0 aliphatic carbocycles. The summed E-state index contributed by atoms with van der Waals surface area (Å²) in [4.78, 5) is 11.3. The van der Waals surface area contributed by atoms with Gasteiger partial charge in [0.1, 0.15) is 9.52 Å². The first-order valence-electron chi connectivity index (χ1n) is 3.64. The zero-order valence-corrected chi connectivity index (χ0v) is 10.3. The molecule has 0 atom stereocenters. The van der Waals surface area contributed by atoms with Crippen molar-refractivity contribution in [2.75, 3.05) is 0 Å². The Balaban J connectivity index is 2.66. The van der Waals surface area contributed by atoms with E-state index in [1.54, 1.807) is 0 Å². The third-order valence-corrected chi connectivity index (χ3v) is 4.56. The molecule has 0 heterocycles. The second-order valence-corrected chi connectivity index (χ2v) is 6.68. The molecule has 0 fully saturated rings. The van der Waals surface area contributed by atoms with Gasteiger partial charge < -0.3 is 4.79 Å². The molecule has 0 aromatic heterocycles. The Morgan fingerprint density at radius 1 is 1.15 bits per heavy atom. The first-order valence-corrected chi connectivity index (χ1v) is 6.19. The first-order chi connectivity index (χ1) is 6.00. The third-order valence-electron chi connectivity index (χ3n) is 1.52. The van der Waals surface area contributed by atoms with E-state index in [1.807, 2.05) is 30.3 Å². The molecule has 0 unspecified atom stereocenters. The standard InChI is InChI=1S/C8H7Cl3OSi/c9-8(10,11)7(12)13-6-4-2-1-3-5-6/h1-5H,13H2. The van der Waals surface area contributed by atoms with Crippen molar-refractivity contribution in [3.8, 4) is 0 Å². The molecule has 0 radical (unpaired) electrons. The number of alkyl halides is 3. The van der Waals surface area contributed by atoms with E-state index in [1.165, 1.54) is 0 Å². The lowest BCUT2D eigenvalue weighted by Gasteiger charge is -2.08. The van der Waals surface area contributed by atoms with Gasteiger partial charge in [-0.05, 0) is 0 Å². The highest BCUT2D eigenvalue weighted by Crippen LogP contribution is 2.26. The van der Waals surface area contributed by atoms with Crippen LogP contribution < -0.4 is 5.19 Å². The number of benzene rings is 1. The van der Waals surface area contributed by atoms with Crippen LogP contribution >= 0.6 is 34.8 Å². The predicted octanol–water partition coefficient (Wildman–Crippen LogP) is 1.38. The molecule has 0 spiro atoms. The summed E-state index contributed by atoms with van der Waals surface area (Å²) in [5.74, 6) is 0. The molecule has 0 saturated carbocycles. The first kappa shape index (κ1) is 11.1. The van der Waals surface area contributed by atoms with Gasteiger partial charge in [-0.15, -0.1) is 0 Å². The van der Waals surface area contributed by atoms with E-state index in [0.717, 1.165) is 5.19 Å². The molecule has 0 aliphatic heterocycles. The van der Waals surface area contributed by atoms with Gasteiger partial charge in [0.25, 0.3) is 0 Å². The van der Waals surface area contributed by atoms with Gasteiger partial charge in [-0.3, -0.25) is 0 Å². The summed E-state index contributed by atoms with van der Waals surface area (Å²) in [5, 5.41) is 0.711. The van der Waals surface area contributed by atoms with E-state index in [4.69, 9.17) is 34.8 Å². The second-order valence-electron chi connectivity index (χ2n) is 2.58. The van der Waals surface area contributed by atoms with E-state index >= 15 is 0 Å². The number of halogens is 3. The molecule has 0 aliphatic rings. The summed E-state index contributed by atoms with van der Waals surface area (Å²) in [6, 6.07) is 9.38. The predicted molar refractivity (Wildman–Crippen MR) is 59.9 cm³/mol. The van der Waals surface area contributed by atoms with E-state index in [-0.39, 0.29) is 5.41 Å². The zero-order valence-electron chi connectivity index (χ0n) is 6.64. The van der Waals surface area contributed by atoms with E-state index < -0.39 is 13.3 Å². The Bertz CT molecular complexity index is 294. The number of carbonyl (C=O) groups excluding carboxylic acids is 1. The highest BCUT2D eigenvalue weighted by Gasteiger charge is 2.29. The Morgan fingerprint density at radius 2 is 1.69 bits per heavy atom. The van der Waals surface area contributed by atoms with Crippen LogP contribution in [0.4, 0.5) is 0 Å². The molecule has 70 valence electrons. The topological polar surface area (TPSA) is 17.1 Å². The lowest BCUT2D eigenvalue weighted by atomic mass is 10.4. The van der Waals surface area contributed by atoms with Crippen LogP contribution in [-0.2, 0) is 4.79 Å². The fourth-order valence-corrected chi connectivity index (χ4v) is 2.56. The van der Waals surface area contributed by atoms with Crippen LogP contribution in [0.25, 0.3) is 0 Å². The summed E-state index contributed by atoms with van der Waals surface area (Å²) >= 11 is 16.3. The average Bonchev–Trinajstić information content (AvgIpc) is 2.04. The van der Waals surface area contributed by atoms with Crippen LogP contribution in [0, 0.1) is 0 Å². The Morgan fingerprint density at radius 3 is 2.15 bits per heavy atom. The van der Waals surface area contributed by atoms with Gasteiger partial charge in [0.15, 0.2) is 5.41 Å². The highest BCUT2D eigenvalue weighted by molar-refractivity contribution is 6.97. The van der Waals surface area contributed by atoms with Crippen molar-refractivity contribution in [2.24, 2.45) is 0 Å². The molecule has 1 nitrogen and oxygen atoms in total. The average molecular weight is 254 g/mol. The minimum atomic E-state index is -1.75. The van der Waals surface area contributed by atoms with Crippen molar-refractivity contribution in [2.45, 2.75) is 3.79 Å². The van der Waals surface area contributed by atoms with Crippen molar-refractivity contribution >= 4 is 54.9 Å². The number of hydrogen-bond acceptors (Lipinski definition) is 1. The maximum atomic E-state index is 11.3. The Hall–Kier alpha value is -0.0231. The van der Waals surface area contributed by atoms with Gasteiger partial charge in [-0.25, -0.2) is 0 Å². The normalized spacial score (nSPS) is 12.2. The molecule has 0 saturated heterocycles. The van der Waals surface area contributed by atoms with Gasteiger partial charge in [0.2, 0.25) is 3.79 Å². The lowest BCUT2D eigenvalue weighted by Crippen LogP contribution is -2.32. The maximum Gasteiger partial charge on any atom is 0.243 e. The molecule has 13 heavy (non-hydrogen) atoms. The van der Waals surface area contributed by atoms with Crippen molar-refractivity contribution in [1.29, 1.82) is 0 Å². The molecule has 0 amide bonds. The Kier molecular flexibility index (Phi) is 3.80. The summed E-state index contributed by atoms with van der Waals surface area (Å²) in [6.07, 6.45) is 0. The quantitative estimate of drug-likeness (QED) is 0.575. The van der Waals surface area contributed by atoms with E-state index in [2.05, 4.69) is 0 Å². The maximum absolute atomic E-state index is 11.3. The van der Waals surface area contributed by atoms with Gasteiger partial charge >= 0.3 is 0 Å². The van der Waals surface area contributed by atoms with Crippen LogP contribution in [0.5, 0.6) is 0 Å². The molecule has 1 rings (SSSR count). The summed E-state index contributed by atoms with van der Waals surface area (Å²) in [6.45, 7) is 0. The van der Waals surface area contributed by atoms with E-state index in [9.17, 15) is 4.79 Å². The monoisotopic (exact) mass is 252 g/mol. The smallest absolute Gasteiger partial charge is 0.243 e. The Labute approximate surface area is 93.8 Å². The van der Waals surface area contributed by atoms with Gasteiger partial charge in [0.05, 0.1) is 0 Å². The van der Waals surface area contributed by atoms with Crippen LogP contribution in [0.3, 0.4) is 0 Å². The SMILES string of the molecule is O=C([SiH2]c1ccccc1)C(Cl)(Cl)Cl. The summed E-state index contributed by atoms with van der Waals surface area (Å²) in [7, 11) is -1.13. The minimum Gasteiger partial charge on any atom is -0.301 e. The fourth-order valence-electron chi connectivity index (χ4n) is 0.881. The molecular formula is C8H7Cl3OSi. The van der Waals surface area contributed by atoms with Crippen LogP contribution in [-0.4, -0.2) is 18.7 Å². The molecule has 0 N–H and O–H groups in total. The van der Waals surface area contributed by atoms with Gasteiger partial charge in [0, 0.05) is 0 Å². The van der Waals surface area contributed by atoms with Crippen molar-refractivity contribution < 1.29 is 4.79 Å². The van der Waals surface area contributed by atoms with Gasteiger partial charge in [-0.1, -0.05) is 70.3 Å². The van der Waals surface area contributed by atoms with Crippen LogP contribution in [0.15, 0.2) is 30.3 Å². The molecule has 1 aromatic carbocycles. The van der Waals surface area contributed by atoms with Gasteiger partial charge in [-0.2, -0.15) is 0 Å². The second kappa shape index (κ2) is 4.47. The number of carbonyl (C=O) groups is 1. The summed E-state index contributed by atoms with van der Waals surface area (Å²) in [5.41, 5.74) is 0. The highest BCUT2D eigenvalue weighted by atomic mass is 35.6. The molecule has 1 aromatic rings. The number of rotatable bonds is 2. The number of hydrogen-bond donors (Lipinski definition) is 0. The van der Waals surface area contributed by atoms with Crippen molar-refractivity contribution in [3.05, 3.63) is 30.3 Å². The van der Waals surface area contributed by atoms with Crippen molar-refractivity contribution in [1.82, 2.24) is 0 Å². The minimum absolute atomic E-state index is 0.274. The van der Waals surface area contributed by atoms with Crippen LogP contribution in [0.1, 0.15) is 0 Å². The van der Waals surface area contributed by atoms with E-state index in [0.29, 0.717) is 0 Å². The molecule has 0 bridgehead atoms. The molecular weight excluding hydrogens is 247 g/mol. The lowest BCUT2D eigenvalue weighted by molar-refractivity contribution is -0.111. The van der Waals surface area contributed by atoms with Crippen LogP contribution in [0.2, 0.25) is 0 Å².